The van der Waals surface area contributed by atoms with Gasteiger partial charge in [-0.1, -0.05) is 0 Å². The number of benzene rings is 1. The molecule has 3 unspecified atom stereocenters. The molecule has 0 N–H and O–H groups in total. The summed E-state index contributed by atoms with van der Waals surface area (Å²) in [4.78, 5) is 2.56. The van der Waals surface area contributed by atoms with E-state index in [1.54, 1.807) is 5.57 Å². The van der Waals surface area contributed by atoms with Gasteiger partial charge in [-0.15, -0.1) is 0 Å². The van der Waals surface area contributed by atoms with E-state index in [2.05, 4.69) is 48.2 Å². The molecule has 0 saturated heterocycles. The van der Waals surface area contributed by atoms with Crippen LogP contribution in [0.4, 0.5) is 0 Å². The van der Waals surface area contributed by atoms with Gasteiger partial charge >= 0.3 is 181 Å². The second-order valence-corrected chi connectivity index (χ2v) is 12.7. The minimum absolute atomic E-state index is 0.253. The fraction of sp³-hybridized carbons (Fsp3) is 0.652. The van der Waals surface area contributed by atoms with Crippen LogP contribution in [-0.4, -0.2) is 68.8 Å². The standard InChI is InChI=1S/C23H36NO2.In.2H/c1-4-10-22(25-2)23(26-3)14-9-8-11-20-15-17-24(18-16-20)19-21-12-6-5-7-13-21;;;/h5-8,12-13,15,22-23H,4,9-11,14,16-19H2,1-3H3;;;. The van der Waals surface area contributed by atoms with Crippen LogP contribution in [0, 0.1) is 0 Å². The molecule has 1 aliphatic heterocycles. The molecule has 0 saturated carbocycles. The van der Waals surface area contributed by atoms with E-state index >= 15 is 0 Å². The maximum atomic E-state index is 5.74. The molecule has 0 aliphatic carbocycles. The van der Waals surface area contributed by atoms with Gasteiger partial charge in [0, 0.05) is 0 Å². The molecule has 1 aromatic carbocycles. The zero-order chi connectivity index (χ0) is 19.5. The zero-order valence-electron chi connectivity index (χ0n) is 17.8. The number of ether oxygens (including phenoxy) is 2. The van der Waals surface area contributed by atoms with Gasteiger partial charge in [-0.05, 0) is 0 Å². The van der Waals surface area contributed by atoms with E-state index in [9.17, 15) is 0 Å². The van der Waals surface area contributed by atoms with E-state index in [4.69, 9.17) is 9.47 Å². The topological polar surface area (TPSA) is 21.7 Å². The van der Waals surface area contributed by atoms with E-state index in [1.807, 2.05) is 14.2 Å². The molecule has 0 aromatic heterocycles. The minimum atomic E-state index is 0.253. The summed E-state index contributed by atoms with van der Waals surface area (Å²) in [7, 11) is 3.66. The predicted octanol–water partition coefficient (Wildman–Crippen LogP) is 4.24. The molecule has 4 heteroatoms. The first-order valence-corrected chi connectivity index (χ1v) is 14.0. The Morgan fingerprint density at radius 3 is 2.33 bits per heavy atom. The van der Waals surface area contributed by atoms with Crippen LogP contribution in [0.25, 0.3) is 0 Å². The van der Waals surface area contributed by atoms with Gasteiger partial charge in [0.15, 0.2) is 0 Å². The second kappa shape index (κ2) is 13.0. The van der Waals surface area contributed by atoms with Crippen molar-refractivity contribution in [1.29, 1.82) is 0 Å². The van der Waals surface area contributed by atoms with Gasteiger partial charge in [0.05, 0.1) is 0 Å². The van der Waals surface area contributed by atoms with Gasteiger partial charge in [0.25, 0.3) is 0 Å². The van der Waals surface area contributed by atoms with E-state index in [-0.39, 0.29) is 12.2 Å². The SMILES string of the molecule is CCCC(OC)C(CC[CH]([InH2])CC1=CCN(Cc2ccccc2)CC1)OC. The van der Waals surface area contributed by atoms with Crippen molar-refractivity contribution < 1.29 is 9.47 Å². The Kier molecular flexibility index (Phi) is 11.1. The van der Waals surface area contributed by atoms with Crippen molar-refractivity contribution in [1.82, 2.24) is 4.90 Å². The number of rotatable bonds is 12. The molecule has 0 spiro atoms. The van der Waals surface area contributed by atoms with Crippen LogP contribution in [0.5, 0.6) is 0 Å². The molecular weight excluding hydrogens is 437 g/mol. The number of methoxy groups -OCH3 is 2. The van der Waals surface area contributed by atoms with Crippen LogP contribution in [0.15, 0.2) is 42.0 Å². The molecule has 150 valence electrons. The third kappa shape index (κ3) is 8.31. The van der Waals surface area contributed by atoms with Crippen molar-refractivity contribution in [3.63, 3.8) is 0 Å². The summed E-state index contributed by atoms with van der Waals surface area (Å²) in [5, 5.41) is 0. The fourth-order valence-corrected chi connectivity index (χ4v) is 6.57. The van der Waals surface area contributed by atoms with Gasteiger partial charge in [0.1, 0.15) is 0 Å². The molecule has 0 amide bonds. The van der Waals surface area contributed by atoms with Crippen LogP contribution in [0.3, 0.4) is 0 Å². The summed E-state index contributed by atoms with van der Waals surface area (Å²) in [6.07, 6.45) is 10.2. The van der Waals surface area contributed by atoms with Gasteiger partial charge < -0.3 is 0 Å². The van der Waals surface area contributed by atoms with Crippen molar-refractivity contribution in [2.75, 3.05) is 27.3 Å². The molecule has 3 nitrogen and oxygen atoms in total. The maximum absolute atomic E-state index is 5.74. The van der Waals surface area contributed by atoms with E-state index in [0.717, 1.165) is 36.0 Å². The third-order valence-electron chi connectivity index (χ3n) is 5.78. The van der Waals surface area contributed by atoms with Crippen LogP contribution in [-0.2, 0) is 16.0 Å². The average molecular weight is 475 g/mol. The van der Waals surface area contributed by atoms with Crippen LogP contribution >= 0.6 is 0 Å². The summed E-state index contributed by atoms with van der Waals surface area (Å²) in [5.74, 6) is 0. The third-order valence-corrected chi connectivity index (χ3v) is 8.60. The first-order valence-electron chi connectivity index (χ1n) is 10.7. The molecule has 0 radical (unpaired) electrons. The van der Waals surface area contributed by atoms with E-state index in [0.29, 0.717) is 24.4 Å². The van der Waals surface area contributed by atoms with Crippen LogP contribution in [0.2, 0.25) is 3.67 Å². The first-order chi connectivity index (χ1) is 13.2. The average Bonchev–Trinajstić information content (AvgIpc) is 2.70. The predicted molar refractivity (Wildman–Crippen MR) is 117 cm³/mol. The number of hydrogen-bond acceptors (Lipinski definition) is 3. The normalized spacial score (nSPS) is 18.7. The van der Waals surface area contributed by atoms with Crippen molar-refractivity contribution in [3.05, 3.63) is 47.5 Å². The summed E-state index contributed by atoms with van der Waals surface area (Å²) in [6.45, 7) is 5.60. The molecule has 2 rings (SSSR count). The van der Waals surface area contributed by atoms with E-state index < -0.39 is 0 Å². The second-order valence-electron chi connectivity index (χ2n) is 8.06. The Hall–Kier alpha value is -0.290. The first kappa shape index (κ1) is 23.0. The molecule has 0 bridgehead atoms. The van der Waals surface area contributed by atoms with Gasteiger partial charge in [-0.2, -0.15) is 0 Å². The van der Waals surface area contributed by atoms with Crippen molar-refractivity contribution in [2.24, 2.45) is 0 Å². The summed E-state index contributed by atoms with van der Waals surface area (Å²) < 4.78 is 12.3. The van der Waals surface area contributed by atoms with Crippen molar-refractivity contribution in [3.8, 4) is 0 Å². The Morgan fingerprint density at radius 2 is 1.74 bits per heavy atom. The monoisotopic (exact) mass is 475 g/mol. The molecule has 27 heavy (non-hydrogen) atoms. The number of nitrogens with zero attached hydrogens (tertiary/aromatic N) is 1. The molecule has 0 fully saturated rings. The van der Waals surface area contributed by atoms with E-state index in [1.165, 1.54) is 31.4 Å². The molecule has 1 aromatic rings. The summed E-state index contributed by atoms with van der Waals surface area (Å²) in [6, 6.07) is 10.8. The molecule has 1 heterocycles. The molecule has 3 atom stereocenters. The Balaban J connectivity index is 1.73. The van der Waals surface area contributed by atoms with Crippen LogP contribution in [0.1, 0.15) is 51.0 Å². The van der Waals surface area contributed by atoms with Crippen LogP contribution < -0.4 is 0 Å². The van der Waals surface area contributed by atoms with Gasteiger partial charge in [-0.25, -0.2) is 0 Å². The van der Waals surface area contributed by atoms with Crippen molar-refractivity contribution in [2.45, 2.75) is 67.9 Å². The quantitative estimate of drug-likeness (QED) is 0.423. The van der Waals surface area contributed by atoms with Gasteiger partial charge in [-0.3, -0.25) is 0 Å². The summed E-state index contributed by atoms with van der Waals surface area (Å²) in [5.41, 5.74) is 3.11. The Bertz CT molecular complexity index is 549. The summed E-state index contributed by atoms with van der Waals surface area (Å²) >= 11 is 0.679. The van der Waals surface area contributed by atoms with Gasteiger partial charge in [0.2, 0.25) is 0 Å². The molecular formula is C23H38InNO2. The zero-order valence-corrected chi connectivity index (χ0v) is 23.5. The fourth-order valence-electron chi connectivity index (χ4n) is 4.12. The van der Waals surface area contributed by atoms with Crippen molar-refractivity contribution >= 4 is 24.4 Å². The Labute approximate surface area is 181 Å². The number of hydrogen-bond donors (Lipinski definition) is 0. The molecule has 1 aliphatic rings. The Morgan fingerprint density at radius 1 is 1.04 bits per heavy atom.